The number of aryl methyl sites for hydroxylation is 1. The number of amides is 10. The summed E-state index contributed by atoms with van der Waals surface area (Å²) in [5.74, 6) is -6.75. The van der Waals surface area contributed by atoms with Crippen LogP contribution in [0.3, 0.4) is 0 Å². The van der Waals surface area contributed by atoms with Crippen molar-refractivity contribution in [3.63, 3.8) is 0 Å². The van der Waals surface area contributed by atoms with Crippen LogP contribution in [0.4, 0.5) is 4.79 Å². The largest absolute Gasteiger partial charge is 0.508 e. The minimum atomic E-state index is -1.68. The molecule has 0 heterocycles. The number of phenols is 2. The van der Waals surface area contributed by atoms with Gasteiger partial charge >= 0.3 is 6.03 Å². The molecule has 0 radical (unpaired) electrons. The minimum Gasteiger partial charge on any atom is -0.508 e. The Labute approximate surface area is 442 Å². The van der Waals surface area contributed by atoms with Gasteiger partial charge in [0.25, 0.3) is 0 Å². The highest BCUT2D eigenvalue weighted by Crippen LogP contribution is 2.16. The van der Waals surface area contributed by atoms with Crippen LogP contribution < -0.4 is 59.7 Å². The van der Waals surface area contributed by atoms with Gasteiger partial charge in [-0.1, -0.05) is 58.8 Å². The van der Waals surface area contributed by atoms with Crippen LogP contribution in [0.1, 0.15) is 62.1 Å². The highest BCUT2D eigenvalue weighted by atomic mass is 35.5. The van der Waals surface area contributed by atoms with Crippen molar-refractivity contribution in [3.05, 3.63) is 94.5 Å². The summed E-state index contributed by atoms with van der Waals surface area (Å²) in [6.45, 7) is 0.676. The molecule has 3 rings (SSSR count). The maximum absolute atomic E-state index is 14.3. The van der Waals surface area contributed by atoms with Crippen LogP contribution in [0.25, 0.3) is 0 Å². The summed E-state index contributed by atoms with van der Waals surface area (Å²) in [5, 5.41) is 50.8. The van der Waals surface area contributed by atoms with Gasteiger partial charge in [-0.05, 0) is 105 Å². The Morgan fingerprint density at radius 3 is 1.61 bits per heavy atom. The first kappa shape index (κ1) is 61.5. The van der Waals surface area contributed by atoms with E-state index in [1.165, 1.54) is 55.5 Å². The molecule has 404 valence electrons. The van der Waals surface area contributed by atoms with Crippen LogP contribution in [0, 0.1) is 0 Å². The highest BCUT2D eigenvalue weighted by molar-refractivity contribution is 8.68. The molecule has 0 aromatic heterocycles. The molecular weight excluding hydrogens is 1020 g/mol. The van der Waals surface area contributed by atoms with Gasteiger partial charge in [-0.25, -0.2) is 4.79 Å². The summed E-state index contributed by atoms with van der Waals surface area (Å²) >= 11 is 10.2. The number of benzene rings is 3. The van der Waals surface area contributed by atoms with E-state index in [4.69, 9.17) is 28.8 Å². The fourth-order valence-electron chi connectivity index (χ4n) is 7.15. The normalized spacial score (nSPS) is 13.7. The summed E-state index contributed by atoms with van der Waals surface area (Å²) in [5.41, 5.74) is 18.3. The summed E-state index contributed by atoms with van der Waals surface area (Å²) in [6, 6.07) is 9.37. The van der Waals surface area contributed by atoms with Crippen molar-refractivity contribution in [1.82, 2.24) is 42.5 Å². The van der Waals surface area contributed by atoms with Crippen molar-refractivity contribution < 1.29 is 58.5 Å². The molecule has 17 N–H and O–H groups in total. The molecule has 10 amide bonds. The topological polar surface area (TPSA) is 389 Å². The van der Waals surface area contributed by atoms with Crippen LogP contribution in [-0.2, 0) is 57.6 Å². The zero-order chi connectivity index (χ0) is 54.7. The second-order valence-corrected chi connectivity index (χ2v) is 19.0. The number of phenolic OH excluding ortho intramolecular Hbond substituents is 2. The third-order valence-electron chi connectivity index (χ3n) is 11.2. The molecular formula is C48H66ClN11O12S2. The van der Waals surface area contributed by atoms with Crippen molar-refractivity contribution in [2.75, 3.05) is 25.4 Å². The number of primary amides is 2. The lowest BCUT2D eigenvalue weighted by Crippen LogP contribution is -2.60. The smallest absolute Gasteiger partial charge is 0.312 e. The Morgan fingerprint density at radius 1 is 0.595 bits per heavy atom. The number of thiol groups is 1. The lowest BCUT2D eigenvalue weighted by molar-refractivity contribution is -0.136. The van der Waals surface area contributed by atoms with E-state index in [0.717, 1.165) is 16.4 Å². The minimum absolute atomic E-state index is 0.00597. The van der Waals surface area contributed by atoms with E-state index in [-0.39, 0.29) is 75.3 Å². The van der Waals surface area contributed by atoms with E-state index in [0.29, 0.717) is 29.0 Å². The molecule has 26 heteroatoms. The summed E-state index contributed by atoms with van der Waals surface area (Å²) < 4.78 is 0. The summed E-state index contributed by atoms with van der Waals surface area (Å²) in [7, 11) is 0.965. The molecule has 0 saturated carbocycles. The second-order valence-electron chi connectivity index (χ2n) is 17.2. The SMILES string of the molecule is C[C@@H](O)[C@H](NC(=O)[C@H](CCCCN)NC(=O)[C@@H](CCCNC(N)=O)NC(=O)[C@H](Cc1ccc(O)cc1)NC(=O)[C@@H](CSS)NC(=O)CCc1ccc(Cl)cc1)C(=O)NCC(=O)N[C@H](Cc1ccc(O)cc1)C(N)=O. The lowest BCUT2D eigenvalue weighted by Gasteiger charge is -2.28. The molecule has 0 unspecified atom stereocenters. The first-order chi connectivity index (χ1) is 35.2. The number of urea groups is 1. The fraction of sp³-hybridized carbons (Fsp3) is 0.438. The maximum Gasteiger partial charge on any atom is 0.312 e. The van der Waals surface area contributed by atoms with Gasteiger partial charge in [0.15, 0.2) is 0 Å². The Bertz CT molecular complexity index is 2350. The van der Waals surface area contributed by atoms with E-state index in [1.807, 2.05) is 0 Å². The number of aliphatic hydroxyl groups is 1. The van der Waals surface area contributed by atoms with Gasteiger partial charge in [0.2, 0.25) is 47.3 Å². The summed E-state index contributed by atoms with van der Waals surface area (Å²) in [6.07, 6.45) is -0.818. The van der Waals surface area contributed by atoms with Crippen molar-refractivity contribution >= 4 is 87.3 Å². The van der Waals surface area contributed by atoms with E-state index in [2.05, 4.69) is 54.2 Å². The number of unbranched alkanes of at least 4 members (excludes halogenated alkanes) is 1. The van der Waals surface area contributed by atoms with E-state index < -0.39 is 102 Å². The van der Waals surface area contributed by atoms with Gasteiger partial charge in [0.05, 0.1) is 12.6 Å². The molecule has 0 fully saturated rings. The number of carbonyl (C=O) groups is 9. The van der Waals surface area contributed by atoms with Crippen LogP contribution in [-0.4, -0.2) is 136 Å². The highest BCUT2D eigenvalue weighted by Gasteiger charge is 2.34. The Balaban J connectivity index is 1.82. The zero-order valence-electron chi connectivity index (χ0n) is 40.6. The van der Waals surface area contributed by atoms with Crippen LogP contribution in [0.5, 0.6) is 11.5 Å². The van der Waals surface area contributed by atoms with Crippen molar-refractivity contribution in [2.45, 2.75) is 107 Å². The number of hydrogen-bond donors (Lipinski definition) is 15. The summed E-state index contributed by atoms with van der Waals surface area (Å²) in [4.78, 5) is 119. The molecule has 0 aliphatic carbocycles. The third-order valence-corrected chi connectivity index (χ3v) is 12.4. The molecule has 7 atom stereocenters. The van der Waals surface area contributed by atoms with Crippen LogP contribution in [0.15, 0.2) is 72.8 Å². The Morgan fingerprint density at radius 2 is 1.08 bits per heavy atom. The van der Waals surface area contributed by atoms with Gasteiger partial charge in [-0.2, -0.15) is 0 Å². The quantitative estimate of drug-likeness (QED) is 0.0207. The zero-order valence-corrected chi connectivity index (χ0v) is 43.1. The van der Waals surface area contributed by atoms with Crippen molar-refractivity contribution in [1.29, 1.82) is 0 Å². The molecule has 0 aliphatic heterocycles. The molecule has 74 heavy (non-hydrogen) atoms. The van der Waals surface area contributed by atoms with Gasteiger partial charge < -0.3 is 75.1 Å². The van der Waals surface area contributed by atoms with E-state index >= 15 is 0 Å². The third kappa shape index (κ3) is 23.0. The predicted octanol–water partition coefficient (Wildman–Crippen LogP) is -0.784. The standard InChI is InChI=1S/C48H66ClN11O12S2/c1-27(61)41(47(71)54-25-40(65)55-36(42(51)66)23-29-9-16-32(62)17-10-29)60-44(68)34(5-2-3-21-50)57-43(67)35(6-4-22-53-48(52)72)58-45(69)37(24-30-11-18-33(63)19-12-30)59-46(70)38(26-74-73)56-39(64)20-13-28-7-14-31(49)15-8-28/h7-12,14-19,27,34-38,41,61-63,73H,2-6,13,20-26,50H2,1H3,(H2,51,66)(H,54,71)(H,55,65)(H,56,64)(H,57,67)(H,58,69)(H,59,70)(H,60,68)(H3,52,53,72)/t27-,34+,35-,36-,37+,38-,41+/m1/s1. The van der Waals surface area contributed by atoms with Gasteiger partial charge in [-0.15, -0.1) is 11.7 Å². The monoisotopic (exact) mass is 1090 g/mol. The van der Waals surface area contributed by atoms with E-state index in [1.54, 1.807) is 24.3 Å². The van der Waals surface area contributed by atoms with Gasteiger partial charge in [-0.3, -0.25) is 38.4 Å². The molecule has 0 saturated heterocycles. The number of nitrogens with one attached hydrogen (secondary N) is 8. The number of carbonyl (C=O) groups excluding carboxylic acids is 9. The molecule has 23 nitrogen and oxygen atoms in total. The van der Waals surface area contributed by atoms with Gasteiger partial charge in [0, 0.05) is 36.6 Å². The Kier molecular flexibility index (Phi) is 26.9. The van der Waals surface area contributed by atoms with Crippen molar-refractivity contribution in [3.8, 4) is 11.5 Å². The predicted molar refractivity (Wildman–Crippen MR) is 280 cm³/mol. The second kappa shape index (κ2) is 32.4. The Hall–Kier alpha value is -6.80. The van der Waals surface area contributed by atoms with Crippen LogP contribution in [0.2, 0.25) is 5.02 Å². The number of rotatable bonds is 32. The number of halogens is 1. The average molecular weight is 1090 g/mol. The number of hydrogen-bond acceptors (Lipinski definition) is 15. The number of aliphatic hydroxyl groups excluding tert-OH is 1. The molecule has 0 bridgehead atoms. The first-order valence-corrected chi connectivity index (χ1v) is 26.0. The maximum atomic E-state index is 14.3. The molecule has 0 spiro atoms. The number of nitrogens with two attached hydrogens (primary N) is 3. The first-order valence-electron chi connectivity index (χ1n) is 23.5. The molecule has 3 aromatic carbocycles. The van der Waals surface area contributed by atoms with Crippen molar-refractivity contribution in [2.24, 2.45) is 17.2 Å². The molecule has 3 aromatic rings. The lowest BCUT2D eigenvalue weighted by atomic mass is 10.0. The van der Waals surface area contributed by atoms with Gasteiger partial charge in [0.1, 0.15) is 47.8 Å². The average Bonchev–Trinajstić information content (AvgIpc) is 3.35. The number of aromatic hydroxyl groups is 2. The fourth-order valence-corrected chi connectivity index (χ4v) is 8.10. The van der Waals surface area contributed by atoms with E-state index in [9.17, 15) is 58.5 Å². The molecule has 0 aliphatic rings. The van der Waals surface area contributed by atoms with Crippen LogP contribution >= 0.6 is 34.1 Å².